The molecule has 1 aromatic carbocycles. The number of rotatable bonds is 14. The van der Waals surface area contributed by atoms with Crippen LogP contribution in [0.1, 0.15) is 108 Å². The van der Waals surface area contributed by atoms with E-state index in [0.29, 0.717) is 60.2 Å². The van der Waals surface area contributed by atoms with Gasteiger partial charge in [-0.2, -0.15) is 4.98 Å². The Morgan fingerprint density at radius 3 is 2.44 bits per heavy atom. The number of hydrogen-bond acceptors (Lipinski definition) is 9. The number of carboxylic acids is 1. The SMILES string of the molecule is CC[C@@H]1C(=O)N(C)c2cnc(Nc3ccc(C(=O)NC4CCC(CCC(=O)N[C@@H](CC(C)C)C(=O)O)CC4)cc3OC)nc2N1C1CCCC1. The Morgan fingerprint density at radius 2 is 1.80 bits per heavy atom. The first-order valence-corrected chi connectivity index (χ1v) is 18.2. The molecule has 0 spiro atoms. The molecule has 272 valence electrons. The summed E-state index contributed by atoms with van der Waals surface area (Å²) in [5.74, 6) is 0.801. The minimum Gasteiger partial charge on any atom is -0.495 e. The Labute approximate surface area is 294 Å². The van der Waals surface area contributed by atoms with E-state index in [1.54, 1.807) is 43.5 Å². The molecule has 1 aromatic heterocycles. The summed E-state index contributed by atoms with van der Waals surface area (Å²) >= 11 is 0. The van der Waals surface area contributed by atoms with Crippen LogP contribution in [-0.2, 0) is 14.4 Å². The lowest BCUT2D eigenvalue weighted by Crippen LogP contribution is -2.55. The molecule has 0 bridgehead atoms. The van der Waals surface area contributed by atoms with E-state index in [1.165, 1.54) is 0 Å². The van der Waals surface area contributed by atoms with Crippen molar-refractivity contribution < 1.29 is 29.0 Å². The summed E-state index contributed by atoms with van der Waals surface area (Å²) in [7, 11) is 3.33. The molecular weight excluding hydrogens is 638 g/mol. The Kier molecular flexibility index (Phi) is 12.2. The van der Waals surface area contributed by atoms with Crippen molar-refractivity contribution in [1.29, 1.82) is 0 Å². The van der Waals surface area contributed by atoms with Crippen LogP contribution in [0.5, 0.6) is 5.75 Å². The Hall–Kier alpha value is -4.42. The van der Waals surface area contributed by atoms with Gasteiger partial charge in [-0.3, -0.25) is 14.4 Å². The Morgan fingerprint density at radius 1 is 1.08 bits per heavy atom. The minimum atomic E-state index is -1.00. The van der Waals surface area contributed by atoms with Gasteiger partial charge in [-0.05, 0) is 87.8 Å². The van der Waals surface area contributed by atoms with E-state index in [-0.39, 0.29) is 41.8 Å². The van der Waals surface area contributed by atoms with Crippen LogP contribution in [-0.4, -0.2) is 77.1 Å². The van der Waals surface area contributed by atoms with Gasteiger partial charge >= 0.3 is 5.97 Å². The molecule has 2 fully saturated rings. The van der Waals surface area contributed by atoms with Crippen molar-refractivity contribution in [2.24, 2.45) is 11.8 Å². The van der Waals surface area contributed by atoms with Crippen LogP contribution in [0.25, 0.3) is 0 Å². The number of carbonyl (C=O) groups excluding carboxylic acids is 3. The number of nitrogens with one attached hydrogen (secondary N) is 3. The first kappa shape index (κ1) is 36.9. The van der Waals surface area contributed by atoms with Gasteiger partial charge in [0.05, 0.1) is 19.0 Å². The molecular formula is C37H53N7O6. The molecule has 50 heavy (non-hydrogen) atoms. The summed E-state index contributed by atoms with van der Waals surface area (Å²) in [6.45, 7) is 5.91. The predicted molar refractivity (Wildman–Crippen MR) is 192 cm³/mol. The second-order valence-corrected chi connectivity index (χ2v) is 14.4. The monoisotopic (exact) mass is 691 g/mol. The van der Waals surface area contributed by atoms with Gasteiger partial charge < -0.3 is 35.6 Å². The summed E-state index contributed by atoms with van der Waals surface area (Å²) in [6.07, 6.45) is 11.5. The largest absolute Gasteiger partial charge is 0.495 e. The van der Waals surface area contributed by atoms with E-state index < -0.39 is 12.0 Å². The van der Waals surface area contributed by atoms with E-state index in [4.69, 9.17) is 9.72 Å². The predicted octanol–water partition coefficient (Wildman–Crippen LogP) is 5.42. The van der Waals surface area contributed by atoms with Gasteiger partial charge in [-0.25, -0.2) is 9.78 Å². The molecule has 0 unspecified atom stereocenters. The number of benzene rings is 1. The lowest BCUT2D eigenvalue weighted by atomic mass is 9.83. The maximum Gasteiger partial charge on any atom is 0.326 e. The smallest absolute Gasteiger partial charge is 0.326 e. The van der Waals surface area contributed by atoms with Gasteiger partial charge in [0, 0.05) is 31.1 Å². The number of ether oxygens (including phenoxy) is 1. The lowest BCUT2D eigenvalue weighted by Gasteiger charge is -2.43. The van der Waals surface area contributed by atoms with Crippen molar-refractivity contribution in [3.8, 4) is 5.75 Å². The second kappa shape index (κ2) is 16.5. The number of methoxy groups -OCH3 is 1. The molecule has 0 saturated heterocycles. The number of nitrogens with zero attached hydrogens (tertiary/aromatic N) is 4. The summed E-state index contributed by atoms with van der Waals surface area (Å²) in [6, 6.07) is 4.41. The zero-order valence-corrected chi connectivity index (χ0v) is 30.0. The lowest BCUT2D eigenvalue weighted by molar-refractivity contribution is -0.142. The van der Waals surface area contributed by atoms with E-state index in [2.05, 4.69) is 25.8 Å². The fourth-order valence-electron chi connectivity index (χ4n) is 7.66. The molecule has 2 atom stereocenters. The zero-order valence-electron chi connectivity index (χ0n) is 30.0. The van der Waals surface area contributed by atoms with Gasteiger partial charge in [0.25, 0.3) is 5.91 Å². The molecule has 2 heterocycles. The van der Waals surface area contributed by atoms with E-state index in [0.717, 1.165) is 57.2 Å². The summed E-state index contributed by atoms with van der Waals surface area (Å²) in [5, 5.41) is 18.5. The molecule has 2 aliphatic carbocycles. The van der Waals surface area contributed by atoms with Crippen molar-refractivity contribution in [3.63, 3.8) is 0 Å². The van der Waals surface area contributed by atoms with Crippen LogP contribution in [0.4, 0.5) is 23.1 Å². The number of carboxylic acid groups (broad SMARTS) is 1. The summed E-state index contributed by atoms with van der Waals surface area (Å²) in [5.41, 5.74) is 1.79. The van der Waals surface area contributed by atoms with Crippen LogP contribution < -0.4 is 30.5 Å². The Bertz CT molecular complexity index is 1540. The van der Waals surface area contributed by atoms with Gasteiger partial charge in [0.2, 0.25) is 17.8 Å². The number of fused-ring (bicyclic) bond motifs is 1. The normalized spacial score (nSPS) is 21.5. The fraction of sp³-hybridized carbons (Fsp3) is 0.622. The highest BCUT2D eigenvalue weighted by Gasteiger charge is 2.41. The average molecular weight is 692 g/mol. The van der Waals surface area contributed by atoms with Crippen LogP contribution in [0.2, 0.25) is 0 Å². The van der Waals surface area contributed by atoms with Crippen LogP contribution >= 0.6 is 0 Å². The molecule has 5 rings (SSSR count). The van der Waals surface area contributed by atoms with Gasteiger partial charge in [0.1, 0.15) is 23.5 Å². The highest BCUT2D eigenvalue weighted by molar-refractivity contribution is 6.04. The first-order chi connectivity index (χ1) is 24.0. The van der Waals surface area contributed by atoms with Gasteiger partial charge in [-0.15, -0.1) is 0 Å². The highest BCUT2D eigenvalue weighted by atomic mass is 16.5. The van der Waals surface area contributed by atoms with Crippen molar-refractivity contribution in [2.75, 3.05) is 29.3 Å². The number of carbonyl (C=O) groups is 4. The molecule has 3 amide bonds. The van der Waals surface area contributed by atoms with E-state index in [9.17, 15) is 24.3 Å². The van der Waals surface area contributed by atoms with Gasteiger partial charge in [0.15, 0.2) is 5.82 Å². The number of aliphatic carboxylic acids is 1. The molecule has 13 heteroatoms. The summed E-state index contributed by atoms with van der Waals surface area (Å²) < 4.78 is 5.67. The topological polar surface area (TPSA) is 166 Å². The first-order valence-electron chi connectivity index (χ1n) is 18.2. The van der Waals surface area contributed by atoms with E-state index in [1.807, 2.05) is 20.8 Å². The van der Waals surface area contributed by atoms with Crippen LogP contribution in [0.3, 0.4) is 0 Å². The second-order valence-electron chi connectivity index (χ2n) is 14.4. The number of aromatic nitrogens is 2. The van der Waals surface area contributed by atoms with Crippen molar-refractivity contribution in [2.45, 2.75) is 122 Å². The molecule has 2 aromatic rings. The third-order valence-electron chi connectivity index (χ3n) is 10.4. The molecule has 0 radical (unpaired) electrons. The van der Waals surface area contributed by atoms with Crippen LogP contribution in [0, 0.1) is 11.8 Å². The molecule has 3 aliphatic rings. The van der Waals surface area contributed by atoms with Crippen molar-refractivity contribution >= 4 is 46.8 Å². The molecule has 1 aliphatic heterocycles. The average Bonchev–Trinajstić information content (AvgIpc) is 3.63. The summed E-state index contributed by atoms with van der Waals surface area (Å²) in [4.78, 5) is 63.7. The van der Waals surface area contributed by atoms with Gasteiger partial charge in [-0.1, -0.05) is 33.6 Å². The molecule has 2 saturated carbocycles. The van der Waals surface area contributed by atoms with E-state index >= 15 is 0 Å². The quantitative estimate of drug-likeness (QED) is 0.201. The number of anilines is 4. The standard InChI is InChI=1S/C37H53N7O6/c1-6-29-35(47)43(4)30-21-38-37(42-33(30)44(29)26-9-7-8-10-26)41-27-17-14-24(20-31(27)50-5)34(46)39-25-15-11-23(12-16-25)13-18-32(45)40-28(36(48)49)19-22(2)3/h14,17,20-23,25-26,28-29H,6-13,15-16,18-19H2,1-5H3,(H,39,46)(H,40,45)(H,48,49)(H,38,41,42)/t23?,25?,28-,29+/m0/s1. The minimum absolute atomic E-state index is 0.0301. The molecule has 4 N–H and O–H groups in total. The number of amides is 3. The van der Waals surface area contributed by atoms with Crippen molar-refractivity contribution in [1.82, 2.24) is 20.6 Å². The maximum absolute atomic E-state index is 13.3. The third-order valence-corrected chi connectivity index (χ3v) is 10.4. The Balaban J connectivity index is 1.17. The highest BCUT2D eigenvalue weighted by Crippen LogP contribution is 2.40. The van der Waals surface area contributed by atoms with Crippen LogP contribution in [0.15, 0.2) is 24.4 Å². The van der Waals surface area contributed by atoms with Crippen molar-refractivity contribution in [3.05, 3.63) is 30.0 Å². The fourth-order valence-corrected chi connectivity index (χ4v) is 7.66. The maximum atomic E-state index is 13.3. The zero-order chi connectivity index (χ0) is 35.9. The molecule has 13 nitrogen and oxygen atoms in total. The number of hydrogen-bond donors (Lipinski definition) is 4. The third kappa shape index (κ3) is 8.65. The number of likely N-dealkylation sites (N-methyl/N-ethyl adjacent to an activating group) is 1.